The molecule has 1 aromatic carbocycles. The molecular formula is C20H30N2O2S. The van der Waals surface area contributed by atoms with Crippen LogP contribution in [-0.4, -0.2) is 23.7 Å². The Morgan fingerprint density at radius 2 is 1.92 bits per heavy atom. The van der Waals surface area contributed by atoms with E-state index in [1.54, 1.807) is 12.1 Å². The second-order valence-electron chi connectivity index (χ2n) is 7.80. The van der Waals surface area contributed by atoms with E-state index >= 15 is 0 Å². The van der Waals surface area contributed by atoms with Crippen molar-refractivity contribution in [3.8, 4) is 5.75 Å². The molecule has 138 valence electrons. The minimum atomic E-state index is -0.206. The molecule has 1 saturated carbocycles. The van der Waals surface area contributed by atoms with Gasteiger partial charge in [-0.15, -0.1) is 0 Å². The molecule has 0 bridgehead atoms. The van der Waals surface area contributed by atoms with Crippen LogP contribution in [0.5, 0.6) is 5.75 Å². The molecule has 1 aliphatic carbocycles. The summed E-state index contributed by atoms with van der Waals surface area (Å²) >= 11 is 5.32. The van der Waals surface area contributed by atoms with E-state index in [1.165, 1.54) is 12.8 Å². The highest BCUT2D eigenvalue weighted by Gasteiger charge is 2.29. The first-order valence-electron chi connectivity index (χ1n) is 9.14. The Balaban J connectivity index is 1.82. The van der Waals surface area contributed by atoms with Crippen molar-refractivity contribution in [2.45, 2.75) is 59.4 Å². The predicted molar refractivity (Wildman–Crippen MR) is 106 cm³/mol. The van der Waals surface area contributed by atoms with E-state index in [2.05, 4.69) is 31.4 Å². The Hall–Kier alpha value is -1.62. The average Bonchev–Trinajstić information content (AvgIpc) is 2.55. The first-order chi connectivity index (χ1) is 11.8. The summed E-state index contributed by atoms with van der Waals surface area (Å²) in [5.74, 6) is 1.24. The number of nitrogens with one attached hydrogen (secondary N) is 2. The number of thiocarbonyl (C=S) groups is 1. The quantitative estimate of drug-likeness (QED) is 0.784. The van der Waals surface area contributed by atoms with Gasteiger partial charge in [0.25, 0.3) is 5.91 Å². The van der Waals surface area contributed by atoms with E-state index in [0.717, 1.165) is 18.8 Å². The summed E-state index contributed by atoms with van der Waals surface area (Å²) in [5, 5.41) is 6.49. The molecule has 1 aliphatic rings. The van der Waals surface area contributed by atoms with E-state index < -0.39 is 0 Å². The van der Waals surface area contributed by atoms with E-state index in [-0.39, 0.29) is 5.91 Å². The summed E-state index contributed by atoms with van der Waals surface area (Å²) < 4.78 is 5.43. The van der Waals surface area contributed by atoms with Crippen LogP contribution < -0.4 is 15.4 Å². The molecule has 0 atom stereocenters. The average molecular weight is 363 g/mol. The van der Waals surface area contributed by atoms with Crippen molar-refractivity contribution in [1.29, 1.82) is 0 Å². The summed E-state index contributed by atoms with van der Waals surface area (Å²) in [5.41, 5.74) is 0.914. The maximum Gasteiger partial charge on any atom is 0.257 e. The van der Waals surface area contributed by atoms with Crippen molar-refractivity contribution in [1.82, 2.24) is 10.6 Å². The molecule has 5 heteroatoms. The van der Waals surface area contributed by atoms with Gasteiger partial charge < -0.3 is 10.1 Å². The van der Waals surface area contributed by atoms with Crippen molar-refractivity contribution >= 4 is 23.2 Å². The van der Waals surface area contributed by atoms with E-state index in [4.69, 9.17) is 17.0 Å². The van der Waals surface area contributed by atoms with Crippen LogP contribution in [0.2, 0.25) is 0 Å². The molecule has 2 N–H and O–H groups in total. The Morgan fingerprint density at radius 3 is 2.52 bits per heavy atom. The summed E-state index contributed by atoms with van der Waals surface area (Å²) in [7, 11) is 0. The van der Waals surface area contributed by atoms with E-state index in [9.17, 15) is 4.79 Å². The van der Waals surface area contributed by atoms with Crippen LogP contribution in [0.3, 0.4) is 0 Å². The Kier molecular flexibility index (Phi) is 6.82. The highest BCUT2D eigenvalue weighted by atomic mass is 32.1. The topological polar surface area (TPSA) is 50.4 Å². The third-order valence-corrected chi connectivity index (χ3v) is 5.14. The normalized spacial score (nSPS) is 20.6. The van der Waals surface area contributed by atoms with Gasteiger partial charge in [0.2, 0.25) is 0 Å². The number of benzene rings is 1. The van der Waals surface area contributed by atoms with E-state index in [0.29, 0.717) is 34.5 Å². The second-order valence-corrected chi connectivity index (χ2v) is 8.21. The van der Waals surface area contributed by atoms with Crippen LogP contribution in [0.15, 0.2) is 24.3 Å². The van der Waals surface area contributed by atoms with Crippen LogP contribution in [0.4, 0.5) is 0 Å². The van der Waals surface area contributed by atoms with Crippen LogP contribution >= 0.6 is 12.2 Å². The third-order valence-electron chi connectivity index (χ3n) is 4.92. The molecule has 0 spiro atoms. The molecule has 1 aromatic rings. The minimum Gasteiger partial charge on any atom is -0.494 e. The van der Waals surface area contributed by atoms with Crippen LogP contribution in [0.1, 0.15) is 63.7 Å². The van der Waals surface area contributed by atoms with Crippen LogP contribution in [-0.2, 0) is 0 Å². The Labute approximate surface area is 156 Å². The van der Waals surface area contributed by atoms with E-state index in [1.807, 2.05) is 19.1 Å². The summed E-state index contributed by atoms with van der Waals surface area (Å²) in [6.07, 6.45) is 4.60. The third kappa shape index (κ3) is 5.99. The second kappa shape index (κ2) is 8.65. The van der Waals surface area contributed by atoms with Gasteiger partial charge in [-0.2, -0.15) is 0 Å². The lowest BCUT2D eigenvalue weighted by atomic mass is 9.71. The maximum atomic E-state index is 12.3. The zero-order valence-electron chi connectivity index (χ0n) is 15.7. The molecule has 4 nitrogen and oxygen atoms in total. The summed E-state index contributed by atoms with van der Waals surface area (Å²) in [6.45, 7) is 9.43. The first-order valence-corrected chi connectivity index (χ1v) is 9.55. The monoisotopic (exact) mass is 362 g/mol. The Morgan fingerprint density at radius 1 is 1.24 bits per heavy atom. The molecule has 0 aliphatic heterocycles. The van der Waals surface area contributed by atoms with Crippen molar-refractivity contribution < 1.29 is 9.53 Å². The van der Waals surface area contributed by atoms with Gasteiger partial charge in [0.1, 0.15) is 5.75 Å². The first kappa shape index (κ1) is 19.7. The standard InChI is InChI=1S/C20H30N2O2S/c1-5-24-17-8-6-7-14(13-17)18(23)22-19(25)21-16-11-9-15(10-12-16)20(2,3)4/h6-8,13,15-16H,5,9-12H2,1-4H3,(H2,21,22,23,25). The number of carbonyl (C=O) groups is 1. The highest BCUT2D eigenvalue weighted by Crippen LogP contribution is 2.37. The highest BCUT2D eigenvalue weighted by molar-refractivity contribution is 7.80. The van der Waals surface area contributed by atoms with Gasteiger partial charge in [0.05, 0.1) is 6.61 Å². The fraction of sp³-hybridized carbons (Fsp3) is 0.600. The lowest BCUT2D eigenvalue weighted by Gasteiger charge is -2.37. The number of hydrogen-bond donors (Lipinski definition) is 2. The summed E-state index contributed by atoms with van der Waals surface area (Å²) in [4.78, 5) is 12.3. The zero-order chi connectivity index (χ0) is 18.4. The van der Waals surface area contributed by atoms with Gasteiger partial charge in [-0.3, -0.25) is 10.1 Å². The molecule has 1 fully saturated rings. The molecular weight excluding hydrogens is 332 g/mol. The smallest absolute Gasteiger partial charge is 0.257 e. The summed E-state index contributed by atoms with van der Waals surface area (Å²) in [6, 6.07) is 7.49. The fourth-order valence-electron chi connectivity index (χ4n) is 3.39. The number of amides is 1. The molecule has 0 heterocycles. The van der Waals surface area contributed by atoms with Crippen molar-refractivity contribution in [3.05, 3.63) is 29.8 Å². The van der Waals surface area contributed by atoms with Crippen LogP contribution in [0, 0.1) is 11.3 Å². The largest absolute Gasteiger partial charge is 0.494 e. The number of ether oxygens (including phenoxy) is 1. The fourth-order valence-corrected chi connectivity index (χ4v) is 3.65. The lowest BCUT2D eigenvalue weighted by molar-refractivity contribution is 0.0975. The van der Waals surface area contributed by atoms with Crippen molar-refractivity contribution in [2.24, 2.45) is 11.3 Å². The van der Waals surface area contributed by atoms with Crippen molar-refractivity contribution in [2.75, 3.05) is 6.61 Å². The predicted octanol–water partition coefficient (Wildman–Crippen LogP) is 4.29. The van der Waals surface area contributed by atoms with Crippen LogP contribution in [0.25, 0.3) is 0 Å². The molecule has 0 aromatic heterocycles. The molecule has 0 radical (unpaired) electrons. The molecule has 1 amide bonds. The van der Waals surface area contributed by atoms with Gasteiger partial charge in [-0.25, -0.2) is 0 Å². The molecule has 0 unspecified atom stereocenters. The maximum absolute atomic E-state index is 12.3. The Bertz CT molecular complexity index is 602. The zero-order valence-corrected chi connectivity index (χ0v) is 16.5. The molecule has 0 saturated heterocycles. The number of rotatable bonds is 4. The van der Waals surface area contributed by atoms with Gasteiger partial charge in [-0.05, 0) is 74.4 Å². The van der Waals surface area contributed by atoms with Crippen molar-refractivity contribution in [3.63, 3.8) is 0 Å². The van der Waals surface area contributed by atoms with Gasteiger partial charge in [-0.1, -0.05) is 26.8 Å². The van der Waals surface area contributed by atoms with Gasteiger partial charge in [0.15, 0.2) is 5.11 Å². The van der Waals surface area contributed by atoms with Gasteiger partial charge >= 0.3 is 0 Å². The molecule has 2 rings (SSSR count). The molecule has 25 heavy (non-hydrogen) atoms. The number of carbonyl (C=O) groups excluding carboxylic acids is 1. The number of hydrogen-bond acceptors (Lipinski definition) is 3. The van der Waals surface area contributed by atoms with Gasteiger partial charge in [0, 0.05) is 11.6 Å². The lowest BCUT2D eigenvalue weighted by Crippen LogP contribution is -2.46. The SMILES string of the molecule is CCOc1cccc(C(=O)NC(=S)NC2CCC(C(C)(C)C)CC2)c1. The minimum absolute atomic E-state index is 0.206.